The van der Waals surface area contributed by atoms with Gasteiger partial charge in [-0.1, -0.05) is 194 Å². The number of hydrogen-bond donors (Lipinski definition) is 0. The van der Waals surface area contributed by atoms with Gasteiger partial charge in [-0.05, 0) is 91.0 Å². The molecule has 0 saturated carbocycles. The molecule has 9 aromatic carbocycles. The molecule has 62 heavy (non-hydrogen) atoms. The summed E-state index contributed by atoms with van der Waals surface area (Å²) in [7, 11) is 0. The van der Waals surface area contributed by atoms with Crippen LogP contribution in [-0.4, -0.2) is 9.97 Å². The lowest BCUT2D eigenvalue weighted by molar-refractivity contribution is 0.669. The molecule has 2 aromatic heterocycles. The zero-order valence-electron chi connectivity index (χ0n) is 33.6. The Hall–Kier alpha value is -8.14. The van der Waals surface area contributed by atoms with Gasteiger partial charge >= 0.3 is 0 Å². The van der Waals surface area contributed by atoms with Crippen LogP contribution in [-0.2, 0) is 5.41 Å². The maximum Gasteiger partial charge on any atom is 0.160 e. The Labute approximate surface area is 359 Å². The average Bonchev–Trinajstić information content (AvgIpc) is 3.85. The smallest absolute Gasteiger partial charge is 0.160 e. The van der Waals surface area contributed by atoms with Crippen molar-refractivity contribution in [3.05, 3.63) is 241 Å². The van der Waals surface area contributed by atoms with Crippen molar-refractivity contribution < 1.29 is 4.42 Å². The van der Waals surface area contributed by atoms with Crippen LogP contribution in [0.1, 0.15) is 22.3 Å². The maximum atomic E-state index is 6.39. The molecule has 2 heterocycles. The van der Waals surface area contributed by atoms with Gasteiger partial charge in [0.25, 0.3) is 0 Å². The molecule has 0 atom stereocenters. The van der Waals surface area contributed by atoms with Crippen LogP contribution >= 0.6 is 0 Å². The molecule has 0 aliphatic heterocycles. The molecule has 0 fully saturated rings. The van der Waals surface area contributed by atoms with E-state index in [1.54, 1.807) is 0 Å². The van der Waals surface area contributed by atoms with E-state index in [1.165, 1.54) is 61.2 Å². The lowest BCUT2D eigenvalue weighted by Crippen LogP contribution is -2.29. The van der Waals surface area contributed by atoms with Crippen molar-refractivity contribution in [3.63, 3.8) is 0 Å². The lowest BCUT2D eigenvalue weighted by Gasteiger charge is -2.35. The van der Waals surface area contributed by atoms with Crippen molar-refractivity contribution in [3.8, 4) is 78.4 Å². The third-order valence-corrected chi connectivity index (χ3v) is 13.2. The summed E-state index contributed by atoms with van der Waals surface area (Å²) in [6, 6.07) is 78.7. The molecular weight excluding hydrogens is 753 g/mol. The topological polar surface area (TPSA) is 38.9 Å². The van der Waals surface area contributed by atoms with Gasteiger partial charge in [0.2, 0.25) is 0 Å². The van der Waals surface area contributed by atoms with E-state index >= 15 is 0 Å². The van der Waals surface area contributed by atoms with E-state index in [4.69, 9.17) is 14.4 Å². The van der Waals surface area contributed by atoms with Gasteiger partial charge in [0.05, 0.1) is 16.8 Å². The number of hydrogen-bond acceptors (Lipinski definition) is 3. The fraction of sp³-hybridized carbons (Fsp3) is 0.0169. The molecule has 0 amide bonds. The summed E-state index contributed by atoms with van der Waals surface area (Å²) < 4.78 is 6.39. The van der Waals surface area contributed by atoms with Crippen LogP contribution in [0.3, 0.4) is 0 Å². The van der Waals surface area contributed by atoms with E-state index in [1.807, 2.05) is 24.3 Å². The second kappa shape index (κ2) is 13.4. The highest BCUT2D eigenvalue weighted by Crippen LogP contribution is 2.61. The summed E-state index contributed by atoms with van der Waals surface area (Å²) in [6.07, 6.45) is 0. The second-order valence-electron chi connectivity index (χ2n) is 16.4. The number of furan rings is 1. The zero-order chi connectivity index (χ0) is 40.8. The number of fused-ring (bicyclic) bond motifs is 15. The third kappa shape index (κ3) is 5.00. The third-order valence-electron chi connectivity index (χ3n) is 13.2. The van der Waals surface area contributed by atoms with Crippen LogP contribution in [0.5, 0.6) is 0 Å². The number of para-hydroxylation sites is 1. The molecule has 2 aliphatic rings. The Kier molecular flexibility index (Phi) is 7.52. The monoisotopic (exact) mass is 788 g/mol. The Morgan fingerprint density at radius 3 is 1.50 bits per heavy atom. The summed E-state index contributed by atoms with van der Waals surface area (Å²) in [6.45, 7) is 0. The van der Waals surface area contributed by atoms with Crippen molar-refractivity contribution in [1.82, 2.24) is 9.97 Å². The van der Waals surface area contributed by atoms with Crippen molar-refractivity contribution in [2.24, 2.45) is 0 Å². The molecule has 1 spiro atoms. The first-order chi connectivity index (χ1) is 30.7. The first-order valence-corrected chi connectivity index (χ1v) is 21.2. The zero-order valence-corrected chi connectivity index (χ0v) is 33.6. The van der Waals surface area contributed by atoms with Crippen LogP contribution in [0, 0.1) is 0 Å². The molecule has 0 radical (unpaired) electrons. The van der Waals surface area contributed by atoms with Crippen LogP contribution in [0.2, 0.25) is 0 Å². The normalized spacial score (nSPS) is 13.0. The fourth-order valence-electron chi connectivity index (χ4n) is 10.5. The van der Waals surface area contributed by atoms with Crippen LogP contribution < -0.4 is 0 Å². The molecule has 3 heteroatoms. The molecule has 11 aromatic rings. The van der Waals surface area contributed by atoms with E-state index in [0.717, 1.165) is 55.6 Å². The van der Waals surface area contributed by atoms with E-state index in [2.05, 4.69) is 194 Å². The molecular formula is C59H36N2O. The number of nitrogens with zero attached hydrogens (tertiary/aromatic N) is 2. The second-order valence-corrected chi connectivity index (χ2v) is 16.4. The van der Waals surface area contributed by atoms with Gasteiger partial charge in [-0.25, -0.2) is 9.97 Å². The van der Waals surface area contributed by atoms with E-state index in [9.17, 15) is 0 Å². The SMILES string of the molecule is c1ccc(-c2ccc(-c3nc(-c4ccc5c(c4)-c4ccccc4-c4ccccc4C54c5ccccc5-c5ccccc54)cc(-c4cccc5oc6ccccc6c45)n3)cc2)cc1. The summed E-state index contributed by atoms with van der Waals surface area (Å²) in [5, 5.41) is 2.11. The Balaban J connectivity index is 1.08. The largest absolute Gasteiger partial charge is 0.456 e. The number of aromatic nitrogens is 2. The van der Waals surface area contributed by atoms with Crippen LogP contribution in [0.4, 0.5) is 0 Å². The van der Waals surface area contributed by atoms with Gasteiger partial charge in [0, 0.05) is 27.5 Å². The summed E-state index contributed by atoms with van der Waals surface area (Å²) in [5.41, 5.74) is 20.7. The van der Waals surface area contributed by atoms with Gasteiger partial charge < -0.3 is 4.42 Å². The summed E-state index contributed by atoms with van der Waals surface area (Å²) >= 11 is 0. The minimum atomic E-state index is -0.545. The highest BCUT2D eigenvalue weighted by Gasteiger charge is 2.49. The van der Waals surface area contributed by atoms with E-state index in [0.29, 0.717) is 5.82 Å². The molecule has 0 unspecified atom stereocenters. The van der Waals surface area contributed by atoms with E-state index in [-0.39, 0.29) is 0 Å². The van der Waals surface area contributed by atoms with Crippen molar-refractivity contribution >= 4 is 21.9 Å². The Morgan fingerprint density at radius 1 is 0.306 bits per heavy atom. The molecule has 2 aliphatic carbocycles. The predicted molar refractivity (Wildman–Crippen MR) is 253 cm³/mol. The van der Waals surface area contributed by atoms with Gasteiger partial charge in [0.15, 0.2) is 5.82 Å². The minimum absolute atomic E-state index is 0.545. The highest BCUT2D eigenvalue weighted by molar-refractivity contribution is 6.12. The minimum Gasteiger partial charge on any atom is -0.456 e. The van der Waals surface area contributed by atoms with Gasteiger partial charge in [-0.3, -0.25) is 0 Å². The Bertz CT molecular complexity index is 3540. The molecule has 13 rings (SSSR count). The Morgan fingerprint density at radius 2 is 0.790 bits per heavy atom. The predicted octanol–water partition coefficient (Wildman–Crippen LogP) is 15.1. The molecule has 0 bridgehead atoms. The van der Waals surface area contributed by atoms with Crippen LogP contribution in [0.15, 0.2) is 223 Å². The van der Waals surface area contributed by atoms with Gasteiger partial charge in [-0.15, -0.1) is 0 Å². The van der Waals surface area contributed by atoms with Crippen molar-refractivity contribution in [2.75, 3.05) is 0 Å². The van der Waals surface area contributed by atoms with Gasteiger partial charge in [0.1, 0.15) is 11.2 Å². The fourth-order valence-corrected chi connectivity index (χ4v) is 10.5. The maximum absolute atomic E-state index is 6.39. The highest BCUT2D eigenvalue weighted by atomic mass is 16.3. The van der Waals surface area contributed by atoms with Crippen molar-refractivity contribution in [1.29, 1.82) is 0 Å². The van der Waals surface area contributed by atoms with E-state index < -0.39 is 5.41 Å². The quantitative estimate of drug-likeness (QED) is 0.178. The van der Waals surface area contributed by atoms with Crippen LogP contribution in [0.25, 0.3) is 100 Å². The molecule has 0 saturated heterocycles. The number of benzene rings is 9. The van der Waals surface area contributed by atoms with Crippen molar-refractivity contribution in [2.45, 2.75) is 5.41 Å². The standard InChI is InChI=1S/C59H36N2O/c1-2-15-37(16-3-1)38-29-31-39(32-30-38)58-60-53(36-54(61-58)46-23-14-28-56-57(46)47-22-9-13-27-55(47)62-56)40-33-34-52-48(35-40)42-18-5-4-17-41(42)43-19-6-10-24-49(43)59(52)50-25-11-7-20-44(50)45-21-8-12-26-51(45)59/h1-36H. The lowest BCUT2D eigenvalue weighted by atomic mass is 9.66. The first kappa shape index (κ1) is 34.7. The average molecular weight is 789 g/mol. The summed E-state index contributed by atoms with van der Waals surface area (Å²) in [5.74, 6) is 0.666. The molecule has 3 nitrogen and oxygen atoms in total. The van der Waals surface area contributed by atoms with Gasteiger partial charge in [-0.2, -0.15) is 0 Å². The summed E-state index contributed by atoms with van der Waals surface area (Å²) in [4.78, 5) is 10.8. The first-order valence-electron chi connectivity index (χ1n) is 21.2. The molecule has 288 valence electrons. The molecule has 0 N–H and O–H groups in total. The number of rotatable bonds is 4.